The first-order chi connectivity index (χ1) is 11.1. The zero-order valence-corrected chi connectivity index (χ0v) is 14.0. The molecule has 23 heavy (non-hydrogen) atoms. The van der Waals surface area contributed by atoms with Crippen molar-refractivity contribution in [2.75, 3.05) is 18.5 Å². The van der Waals surface area contributed by atoms with Crippen LogP contribution >= 0.6 is 0 Å². The van der Waals surface area contributed by atoms with Gasteiger partial charge in [-0.05, 0) is 31.4 Å². The summed E-state index contributed by atoms with van der Waals surface area (Å²) in [5.41, 5.74) is 2.98. The van der Waals surface area contributed by atoms with Crippen LogP contribution in [0.4, 0.5) is 5.69 Å². The fraction of sp³-hybridized carbons (Fsp3) is 0.368. The molecular formula is C19H23N3O. The molecule has 0 aromatic heterocycles. The van der Waals surface area contributed by atoms with Crippen molar-refractivity contribution in [1.29, 1.82) is 0 Å². The summed E-state index contributed by atoms with van der Waals surface area (Å²) in [4.78, 5) is 21.2. The van der Waals surface area contributed by atoms with E-state index in [1.54, 1.807) is 4.90 Å². The Kier molecular flexibility index (Phi) is 4.33. The first-order valence-corrected chi connectivity index (χ1v) is 8.13. The summed E-state index contributed by atoms with van der Waals surface area (Å²) in [5.74, 6) is 1.37. The zero-order valence-electron chi connectivity index (χ0n) is 14.0. The quantitative estimate of drug-likeness (QED) is 0.795. The lowest BCUT2D eigenvalue weighted by atomic mass is 10.0. The van der Waals surface area contributed by atoms with Gasteiger partial charge in [-0.2, -0.15) is 0 Å². The van der Waals surface area contributed by atoms with Crippen molar-refractivity contribution in [2.45, 2.75) is 26.7 Å². The number of carbonyl (C=O) groups is 1. The molecule has 1 saturated heterocycles. The van der Waals surface area contributed by atoms with Gasteiger partial charge in [-0.25, -0.2) is 4.99 Å². The summed E-state index contributed by atoms with van der Waals surface area (Å²) in [6, 6.07) is 10.2. The molecule has 0 radical (unpaired) electrons. The zero-order chi connectivity index (χ0) is 16.4. The van der Waals surface area contributed by atoms with E-state index in [0.29, 0.717) is 18.9 Å². The minimum atomic E-state index is 0.136. The van der Waals surface area contributed by atoms with Crippen LogP contribution in [-0.2, 0) is 4.79 Å². The van der Waals surface area contributed by atoms with E-state index in [1.807, 2.05) is 32.2 Å². The molecule has 1 aromatic carbocycles. The van der Waals surface area contributed by atoms with Gasteiger partial charge in [0.25, 0.3) is 0 Å². The fourth-order valence-electron chi connectivity index (χ4n) is 2.97. The third-order valence-corrected chi connectivity index (χ3v) is 4.35. The lowest BCUT2D eigenvalue weighted by molar-refractivity contribution is -0.127. The van der Waals surface area contributed by atoms with E-state index < -0.39 is 0 Å². The lowest BCUT2D eigenvalue weighted by Gasteiger charge is -2.28. The highest BCUT2D eigenvalue weighted by molar-refractivity contribution is 6.12. The van der Waals surface area contributed by atoms with Crippen molar-refractivity contribution >= 4 is 17.4 Å². The van der Waals surface area contributed by atoms with Crippen molar-refractivity contribution in [2.24, 2.45) is 10.9 Å². The van der Waals surface area contributed by atoms with Gasteiger partial charge in [0.1, 0.15) is 0 Å². The Morgan fingerprint density at radius 3 is 2.70 bits per heavy atom. The van der Waals surface area contributed by atoms with Crippen molar-refractivity contribution in [3.8, 4) is 0 Å². The number of hydrogen-bond donors (Lipinski definition) is 0. The topological polar surface area (TPSA) is 35.9 Å². The fourth-order valence-corrected chi connectivity index (χ4v) is 2.97. The molecule has 2 aliphatic heterocycles. The molecular weight excluding hydrogens is 286 g/mol. The Morgan fingerprint density at radius 1 is 1.22 bits per heavy atom. The van der Waals surface area contributed by atoms with Gasteiger partial charge in [0.2, 0.25) is 5.91 Å². The van der Waals surface area contributed by atoms with Gasteiger partial charge >= 0.3 is 0 Å². The summed E-state index contributed by atoms with van der Waals surface area (Å²) >= 11 is 0. The van der Waals surface area contributed by atoms with Gasteiger partial charge in [0, 0.05) is 31.4 Å². The number of allylic oxidation sites excluding steroid dienone is 3. The highest BCUT2D eigenvalue weighted by Crippen LogP contribution is 2.26. The molecule has 0 saturated carbocycles. The summed E-state index contributed by atoms with van der Waals surface area (Å²) in [6.45, 7) is 4.85. The largest absolute Gasteiger partial charge is 0.324 e. The van der Waals surface area contributed by atoms with Crippen molar-refractivity contribution in [3.05, 3.63) is 53.9 Å². The number of aliphatic imine (C=N–C) groups is 1. The van der Waals surface area contributed by atoms with Crippen LogP contribution in [0.3, 0.4) is 0 Å². The van der Waals surface area contributed by atoms with Crippen molar-refractivity contribution < 1.29 is 4.79 Å². The number of fused-ring (bicyclic) bond motifs is 1. The number of nitrogens with zero attached hydrogens (tertiary/aromatic N) is 3. The van der Waals surface area contributed by atoms with Crippen LogP contribution in [0.15, 0.2) is 58.9 Å². The number of benzene rings is 1. The van der Waals surface area contributed by atoms with Gasteiger partial charge in [0.05, 0.1) is 5.70 Å². The van der Waals surface area contributed by atoms with Crippen LogP contribution in [-0.4, -0.2) is 30.2 Å². The Bertz CT molecular complexity index is 688. The highest BCUT2D eigenvalue weighted by Gasteiger charge is 2.29. The average molecular weight is 309 g/mol. The molecule has 2 heterocycles. The number of amides is 1. The maximum Gasteiger partial charge on any atom is 0.228 e. The molecule has 1 unspecified atom stereocenters. The van der Waals surface area contributed by atoms with Crippen LogP contribution in [0.1, 0.15) is 26.7 Å². The number of hydrogen-bond acceptors (Lipinski definition) is 3. The standard InChI is InChI=1S/C19H23N3O/c1-14-9-10-15(2)20-19-17(13-14)21(3)18(23)11-12-22(19)16-7-5-4-6-8-16/h4-8,10,13-14H,9,11-12H2,1-3H3/b15-10+,17-13+,20-19-. The molecule has 4 nitrogen and oxygen atoms in total. The maximum atomic E-state index is 12.4. The van der Waals surface area contributed by atoms with Gasteiger partial charge in [0.15, 0.2) is 5.84 Å². The van der Waals surface area contributed by atoms with Gasteiger partial charge in [-0.15, -0.1) is 0 Å². The number of carbonyl (C=O) groups excluding carboxylic acids is 1. The number of anilines is 1. The molecule has 1 aromatic rings. The van der Waals surface area contributed by atoms with E-state index >= 15 is 0 Å². The molecule has 1 fully saturated rings. The van der Waals surface area contributed by atoms with Crippen LogP contribution in [0.25, 0.3) is 0 Å². The summed E-state index contributed by atoms with van der Waals surface area (Å²) in [7, 11) is 1.85. The second-order valence-electron chi connectivity index (χ2n) is 6.24. The van der Waals surface area contributed by atoms with E-state index in [1.165, 1.54) is 0 Å². The normalized spacial score (nSPS) is 29.1. The van der Waals surface area contributed by atoms with Gasteiger partial charge in [-0.1, -0.05) is 37.3 Å². The smallest absolute Gasteiger partial charge is 0.228 e. The second-order valence-corrected chi connectivity index (χ2v) is 6.24. The molecule has 4 heteroatoms. The third-order valence-electron chi connectivity index (χ3n) is 4.35. The Labute approximate surface area is 137 Å². The average Bonchev–Trinajstić information content (AvgIpc) is 2.65. The van der Waals surface area contributed by atoms with Gasteiger partial charge in [-0.3, -0.25) is 4.79 Å². The molecule has 0 aliphatic carbocycles. The molecule has 1 amide bonds. The minimum absolute atomic E-state index is 0.136. The Morgan fingerprint density at radius 2 is 1.96 bits per heavy atom. The Balaban J connectivity index is 2.16. The van der Waals surface area contributed by atoms with Gasteiger partial charge < -0.3 is 9.80 Å². The molecule has 0 spiro atoms. The SMILES string of the molecule is CC1=C/CC(C)\C=C2/C(=N/1)N(c1ccccc1)CCC(=O)N2C. The molecule has 120 valence electrons. The van der Waals surface area contributed by atoms with E-state index in [0.717, 1.165) is 29.3 Å². The molecule has 0 N–H and O–H groups in total. The minimum Gasteiger partial charge on any atom is -0.324 e. The monoisotopic (exact) mass is 309 g/mol. The maximum absolute atomic E-state index is 12.4. The van der Waals surface area contributed by atoms with Crippen LogP contribution in [0, 0.1) is 5.92 Å². The van der Waals surface area contributed by atoms with E-state index in [2.05, 4.69) is 36.1 Å². The first-order valence-electron chi connectivity index (χ1n) is 8.13. The first kappa shape index (κ1) is 15.5. The Hall–Kier alpha value is -2.36. The molecule has 1 atom stereocenters. The predicted octanol–water partition coefficient (Wildman–Crippen LogP) is 3.58. The summed E-state index contributed by atoms with van der Waals surface area (Å²) in [6.07, 6.45) is 5.76. The second kappa shape index (κ2) is 6.41. The van der Waals surface area contributed by atoms with E-state index in [9.17, 15) is 4.79 Å². The summed E-state index contributed by atoms with van der Waals surface area (Å²) < 4.78 is 0. The van der Waals surface area contributed by atoms with Crippen LogP contribution in [0.2, 0.25) is 0 Å². The van der Waals surface area contributed by atoms with Crippen LogP contribution in [0.5, 0.6) is 0 Å². The molecule has 0 bridgehead atoms. The number of amidine groups is 1. The number of para-hydroxylation sites is 1. The van der Waals surface area contributed by atoms with Crippen LogP contribution < -0.4 is 4.90 Å². The summed E-state index contributed by atoms with van der Waals surface area (Å²) in [5, 5.41) is 0. The molecule has 2 aliphatic rings. The van der Waals surface area contributed by atoms with Crippen molar-refractivity contribution in [3.63, 3.8) is 0 Å². The van der Waals surface area contributed by atoms with E-state index in [-0.39, 0.29) is 5.91 Å². The third kappa shape index (κ3) is 3.21. The predicted molar refractivity (Wildman–Crippen MR) is 94.2 cm³/mol. The lowest BCUT2D eigenvalue weighted by Crippen LogP contribution is -2.35. The number of likely N-dealkylation sites (N-methyl/N-ethyl adjacent to an activating group) is 1. The highest BCUT2D eigenvalue weighted by atomic mass is 16.2. The molecule has 3 rings (SSSR count). The van der Waals surface area contributed by atoms with Crippen molar-refractivity contribution in [1.82, 2.24) is 4.90 Å². The number of rotatable bonds is 1. The van der Waals surface area contributed by atoms with E-state index in [4.69, 9.17) is 4.99 Å².